The van der Waals surface area contributed by atoms with Crippen molar-refractivity contribution in [2.24, 2.45) is 5.10 Å². The Hall–Kier alpha value is -2.05. The maximum absolute atomic E-state index is 11.7. The minimum Gasteiger partial charge on any atom is -0.497 e. The molecule has 0 bridgehead atoms. The second-order valence-electron chi connectivity index (χ2n) is 4.43. The zero-order valence-electron chi connectivity index (χ0n) is 12.3. The molecule has 0 saturated heterocycles. The summed E-state index contributed by atoms with van der Waals surface area (Å²) in [6, 6.07) is 12.3. The highest BCUT2D eigenvalue weighted by Gasteiger charge is 2.06. The average Bonchev–Trinajstić information content (AvgIpc) is 2.55. The molecular weight excluding hydrogens is 384 g/mol. The fourth-order valence-electron chi connectivity index (χ4n) is 1.63. The van der Waals surface area contributed by atoms with Crippen molar-refractivity contribution in [1.82, 2.24) is 5.43 Å². The van der Waals surface area contributed by atoms with E-state index in [1.807, 2.05) is 0 Å². The van der Waals surface area contributed by atoms with Gasteiger partial charge in [-0.3, -0.25) is 4.79 Å². The van der Waals surface area contributed by atoms with Crippen molar-refractivity contribution in [3.8, 4) is 11.5 Å². The molecular formula is C16H14BrClN2O3. The molecule has 1 amide bonds. The smallest absolute Gasteiger partial charge is 0.277 e. The number of carbonyl (C=O) groups excluding carboxylic acids is 1. The maximum atomic E-state index is 11.7. The Kier molecular flexibility index (Phi) is 6.43. The number of ether oxygens (including phenoxy) is 2. The molecule has 0 fully saturated rings. The number of amides is 1. The van der Waals surface area contributed by atoms with Crippen LogP contribution in [0.3, 0.4) is 0 Å². The monoisotopic (exact) mass is 396 g/mol. The van der Waals surface area contributed by atoms with Crippen molar-refractivity contribution in [2.75, 3.05) is 13.7 Å². The van der Waals surface area contributed by atoms with Crippen LogP contribution in [-0.4, -0.2) is 25.8 Å². The number of hydrazone groups is 1. The summed E-state index contributed by atoms with van der Waals surface area (Å²) in [6.07, 6.45) is 1.53. The minimum absolute atomic E-state index is 0.150. The molecule has 23 heavy (non-hydrogen) atoms. The van der Waals surface area contributed by atoms with Crippen molar-refractivity contribution in [3.05, 3.63) is 57.5 Å². The molecule has 0 aliphatic carbocycles. The van der Waals surface area contributed by atoms with Crippen LogP contribution in [0.1, 0.15) is 5.56 Å². The molecule has 7 heteroatoms. The minimum atomic E-state index is -0.363. The Morgan fingerprint density at radius 2 is 2.04 bits per heavy atom. The fraction of sp³-hybridized carbons (Fsp3) is 0.125. The molecule has 0 saturated carbocycles. The molecule has 2 aromatic carbocycles. The number of halogens is 2. The van der Waals surface area contributed by atoms with Crippen molar-refractivity contribution in [3.63, 3.8) is 0 Å². The SMILES string of the molecule is COc1ccc(OCC(=O)N/N=C/c2ccc(Cl)cc2)c(Br)c1. The van der Waals surface area contributed by atoms with Crippen LogP contribution in [0.15, 0.2) is 52.0 Å². The highest BCUT2D eigenvalue weighted by Crippen LogP contribution is 2.28. The highest BCUT2D eigenvalue weighted by molar-refractivity contribution is 9.10. The number of nitrogens with zero attached hydrogens (tertiary/aromatic N) is 1. The van der Waals surface area contributed by atoms with Gasteiger partial charge < -0.3 is 9.47 Å². The van der Waals surface area contributed by atoms with Gasteiger partial charge in [-0.2, -0.15) is 5.10 Å². The van der Waals surface area contributed by atoms with E-state index in [0.29, 0.717) is 21.0 Å². The van der Waals surface area contributed by atoms with Gasteiger partial charge in [0.2, 0.25) is 0 Å². The van der Waals surface area contributed by atoms with Crippen molar-refractivity contribution < 1.29 is 14.3 Å². The summed E-state index contributed by atoms with van der Waals surface area (Å²) in [5.74, 6) is 0.877. The number of benzene rings is 2. The van der Waals surface area contributed by atoms with E-state index in [1.165, 1.54) is 6.21 Å². The second-order valence-corrected chi connectivity index (χ2v) is 5.72. The predicted molar refractivity (Wildman–Crippen MR) is 93.4 cm³/mol. The molecule has 2 aromatic rings. The van der Waals surface area contributed by atoms with Crippen molar-refractivity contribution in [2.45, 2.75) is 0 Å². The van der Waals surface area contributed by atoms with Crippen molar-refractivity contribution >= 4 is 39.7 Å². The van der Waals surface area contributed by atoms with E-state index in [9.17, 15) is 4.79 Å². The van der Waals surface area contributed by atoms with Gasteiger partial charge in [0.1, 0.15) is 11.5 Å². The van der Waals surface area contributed by atoms with Gasteiger partial charge in [0.25, 0.3) is 5.91 Å². The molecule has 0 aliphatic rings. The number of hydrogen-bond donors (Lipinski definition) is 1. The fourth-order valence-corrected chi connectivity index (χ4v) is 2.23. The van der Waals surface area contributed by atoms with Crippen LogP contribution in [0, 0.1) is 0 Å². The first-order valence-electron chi connectivity index (χ1n) is 6.62. The van der Waals surface area contributed by atoms with Gasteiger partial charge in [0, 0.05) is 5.02 Å². The lowest BCUT2D eigenvalue weighted by atomic mass is 10.2. The lowest BCUT2D eigenvalue weighted by Gasteiger charge is -2.08. The lowest BCUT2D eigenvalue weighted by molar-refractivity contribution is -0.123. The molecule has 120 valence electrons. The Balaban J connectivity index is 1.82. The summed E-state index contributed by atoms with van der Waals surface area (Å²) < 4.78 is 11.2. The number of carbonyl (C=O) groups is 1. The summed E-state index contributed by atoms with van der Waals surface area (Å²) >= 11 is 9.13. The maximum Gasteiger partial charge on any atom is 0.277 e. The Labute approximate surface area is 147 Å². The molecule has 0 unspecified atom stereocenters. The summed E-state index contributed by atoms with van der Waals surface area (Å²) in [5.41, 5.74) is 3.22. The number of rotatable bonds is 6. The third-order valence-electron chi connectivity index (χ3n) is 2.77. The van der Waals surface area contributed by atoms with Gasteiger partial charge in [-0.15, -0.1) is 0 Å². The van der Waals surface area contributed by atoms with E-state index < -0.39 is 0 Å². The first-order chi connectivity index (χ1) is 11.1. The van der Waals surface area contributed by atoms with Gasteiger partial charge >= 0.3 is 0 Å². The Bertz CT molecular complexity index is 705. The molecule has 0 aromatic heterocycles. The van der Waals surface area contributed by atoms with Crippen LogP contribution in [0.4, 0.5) is 0 Å². The molecule has 0 radical (unpaired) electrons. The Morgan fingerprint density at radius 1 is 1.30 bits per heavy atom. The average molecular weight is 398 g/mol. The van der Waals surface area contributed by atoms with E-state index in [1.54, 1.807) is 49.6 Å². The van der Waals surface area contributed by atoms with Gasteiger partial charge in [-0.25, -0.2) is 5.43 Å². The molecule has 2 rings (SSSR count). The molecule has 0 aliphatic heterocycles. The molecule has 0 spiro atoms. The number of nitrogens with one attached hydrogen (secondary N) is 1. The highest BCUT2D eigenvalue weighted by atomic mass is 79.9. The number of methoxy groups -OCH3 is 1. The predicted octanol–water partition coefficient (Wildman–Crippen LogP) is 3.64. The van der Waals surface area contributed by atoms with Crippen LogP contribution in [0.2, 0.25) is 5.02 Å². The van der Waals surface area contributed by atoms with E-state index in [-0.39, 0.29) is 12.5 Å². The van der Waals surface area contributed by atoms with E-state index in [0.717, 1.165) is 5.56 Å². The van der Waals surface area contributed by atoms with Crippen molar-refractivity contribution in [1.29, 1.82) is 0 Å². The number of hydrogen-bond acceptors (Lipinski definition) is 4. The summed E-state index contributed by atoms with van der Waals surface area (Å²) in [6.45, 7) is -0.150. The first-order valence-corrected chi connectivity index (χ1v) is 7.79. The van der Waals surface area contributed by atoms with Crippen LogP contribution in [0.25, 0.3) is 0 Å². The standard InChI is InChI=1S/C16H14BrClN2O3/c1-22-13-6-7-15(14(17)8-13)23-10-16(21)20-19-9-11-2-4-12(18)5-3-11/h2-9H,10H2,1H3,(H,20,21)/b19-9+. The van der Waals surface area contributed by atoms with Gasteiger partial charge in [0.05, 0.1) is 17.8 Å². The molecule has 5 nitrogen and oxygen atoms in total. The third kappa shape index (κ3) is 5.58. The molecule has 0 heterocycles. The zero-order chi connectivity index (χ0) is 16.7. The third-order valence-corrected chi connectivity index (χ3v) is 3.64. The summed E-state index contributed by atoms with van der Waals surface area (Å²) in [7, 11) is 1.58. The van der Waals surface area contributed by atoms with Crippen LogP contribution in [0.5, 0.6) is 11.5 Å². The van der Waals surface area contributed by atoms with Crippen LogP contribution in [-0.2, 0) is 4.79 Å². The van der Waals surface area contributed by atoms with Gasteiger partial charge in [-0.1, -0.05) is 23.7 Å². The summed E-state index contributed by atoms with van der Waals surface area (Å²) in [5, 5.41) is 4.50. The summed E-state index contributed by atoms with van der Waals surface area (Å²) in [4.78, 5) is 11.7. The molecule has 1 N–H and O–H groups in total. The van der Waals surface area contributed by atoms with Crippen LogP contribution >= 0.6 is 27.5 Å². The first kappa shape index (κ1) is 17.3. The molecule has 0 atom stereocenters. The van der Waals surface area contributed by atoms with Crippen LogP contribution < -0.4 is 14.9 Å². The largest absolute Gasteiger partial charge is 0.497 e. The lowest BCUT2D eigenvalue weighted by Crippen LogP contribution is -2.24. The van der Waals surface area contributed by atoms with Gasteiger partial charge in [-0.05, 0) is 51.8 Å². The second kappa shape index (κ2) is 8.55. The van der Waals surface area contributed by atoms with E-state index in [4.69, 9.17) is 21.1 Å². The normalized spacial score (nSPS) is 10.6. The van der Waals surface area contributed by atoms with Gasteiger partial charge in [0.15, 0.2) is 6.61 Å². The topological polar surface area (TPSA) is 59.9 Å². The Morgan fingerprint density at radius 3 is 2.70 bits per heavy atom. The van der Waals surface area contributed by atoms with E-state index in [2.05, 4.69) is 26.5 Å². The van der Waals surface area contributed by atoms with E-state index >= 15 is 0 Å². The quantitative estimate of drug-likeness (QED) is 0.598. The zero-order valence-corrected chi connectivity index (χ0v) is 14.6.